The van der Waals surface area contributed by atoms with E-state index in [1.807, 2.05) is 11.9 Å². The molecule has 1 saturated carbocycles. The van der Waals surface area contributed by atoms with Gasteiger partial charge in [0, 0.05) is 20.0 Å². The molecule has 5 heterocycles. The second kappa shape index (κ2) is 10.4. The number of rotatable bonds is 4. The number of hydrogen-bond donors (Lipinski definition) is 1. The van der Waals surface area contributed by atoms with E-state index in [9.17, 15) is 17.6 Å². The van der Waals surface area contributed by atoms with E-state index in [4.69, 9.17) is 26.8 Å². The van der Waals surface area contributed by atoms with Crippen molar-refractivity contribution in [2.24, 2.45) is 0 Å². The second-order valence-corrected chi connectivity index (χ2v) is 12.8. The summed E-state index contributed by atoms with van der Waals surface area (Å²) in [4.78, 5) is 17.0. The van der Waals surface area contributed by atoms with Crippen LogP contribution in [0.25, 0.3) is 22.2 Å². The quantitative estimate of drug-likeness (QED) is 0.325. The molecule has 2 aromatic heterocycles. The fourth-order valence-corrected chi connectivity index (χ4v) is 8.04. The minimum Gasteiger partial charge on any atom is -0.486 e. The van der Waals surface area contributed by atoms with Gasteiger partial charge in [-0.2, -0.15) is 23.1 Å². The molecule has 0 amide bonds. The molecule has 0 bridgehead atoms. The second-order valence-electron chi connectivity index (χ2n) is 12.5. The first-order chi connectivity index (χ1) is 20.9. The van der Waals surface area contributed by atoms with Crippen molar-refractivity contribution in [2.75, 3.05) is 37.4 Å². The minimum atomic E-state index is -4.89. The first-order valence-corrected chi connectivity index (χ1v) is 15.2. The lowest BCUT2D eigenvalue weighted by atomic mass is 9.91. The van der Waals surface area contributed by atoms with E-state index in [1.165, 1.54) is 6.92 Å². The molecule has 2 unspecified atom stereocenters. The van der Waals surface area contributed by atoms with Crippen LogP contribution >= 0.6 is 11.6 Å². The maximum absolute atomic E-state index is 16.8. The molecular weight excluding hydrogens is 607 g/mol. The van der Waals surface area contributed by atoms with Crippen LogP contribution in [-0.2, 0) is 6.18 Å². The van der Waals surface area contributed by atoms with Gasteiger partial charge in [0.2, 0.25) is 0 Å². The van der Waals surface area contributed by atoms with E-state index >= 15 is 4.39 Å². The van der Waals surface area contributed by atoms with Gasteiger partial charge in [-0.15, -0.1) is 0 Å². The number of halogens is 6. The molecule has 3 aliphatic heterocycles. The lowest BCUT2D eigenvalue weighted by Gasteiger charge is -2.36. The highest BCUT2D eigenvalue weighted by molar-refractivity contribution is 6.36. The SMILES string of the molecule is Cc1cc(N)nc(-c2c(Cl)c3c4c(nc(OC[C@@]56CCCN5C[C@H](F)C6)nc4c2F)N(C)C2CCCCC2O3)c1C(F)(F)F. The molecule has 0 radical (unpaired) electrons. The summed E-state index contributed by atoms with van der Waals surface area (Å²) in [5, 5.41) is -0.225. The van der Waals surface area contributed by atoms with Crippen molar-refractivity contribution in [3.8, 4) is 23.0 Å². The topological polar surface area (TPSA) is 89.6 Å². The van der Waals surface area contributed by atoms with Crippen LogP contribution in [0.5, 0.6) is 11.8 Å². The molecule has 1 aliphatic carbocycles. The molecule has 0 spiro atoms. The van der Waals surface area contributed by atoms with E-state index in [0.29, 0.717) is 25.2 Å². The van der Waals surface area contributed by atoms with Gasteiger partial charge < -0.3 is 20.1 Å². The van der Waals surface area contributed by atoms with Crippen LogP contribution < -0.4 is 20.1 Å². The number of likely N-dealkylation sites (N-methyl/N-ethyl adjacent to an activating group) is 1. The smallest absolute Gasteiger partial charge is 0.418 e. The Morgan fingerprint density at radius 3 is 2.73 bits per heavy atom. The van der Waals surface area contributed by atoms with Gasteiger partial charge in [0.15, 0.2) is 11.6 Å². The van der Waals surface area contributed by atoms with Crippen LogP contribution in [-0.4, -0.2) is 70.5 Å². The fourth-order valence-electron chi connectivity index (χ4n) is 7.72. The van der Waals surface area contributed by atoms with Crippen LogP contribution in [0.1, 0.15) is 56.1 Å². The first-order valence-electron chi connectivity index (χ1n) is 14.9. The van der Waals surface area contributed by atoms with E-state index in [0.717, 1.165) is 44.7 Å². The molecule has 4 atom stereocenters. The molecule has 2 N–H and O–H groups in total. The highest BCUT2D eigenvalue weighted by Gasteiger charge is 2.50. The Morgan fingerprint density at radius 2 is 1.95 bits per heavy atom. The minimum absolute atomic E-state index is 0.00695. The maximum atomic E-state index is 16.8. The number of ether oxygens (including phenoxy) is 2. The highest BCUT2D eigenvalue weighted by Crippen LogP contribution is 2.52. The molecule has 7 rings (SSSR count). The number of fused-ring (bicyclic) bond motifs is 2. The molecule has 14 heteroatoms. The van der Waals surface area contributed by atoms with Crippen molar-refractivity contribution < 1.29 is 31.4 Å². The standard InChI is InChI=1S/C30H32ClF5N6O2/c1-14-10-18(37)38-24(21(14)30(34,35)36)19-22(31)26-20-25(23(19)33)39-28(43-13-29-8-5-9-42(29)12-15(32)11-29)40-27(20)41(2)16-6-3-4-7-17(16)44-26/h10,15-17H,3-9,11-13H2,1-2H3,(H2,37,38)/t15-,16?,17?,29+/m1/s1. The molecule has 2 saturated heterocycles. The van der Waals surface area contributed by atoms with Gasteiger partial charge in [-0.05, 0) is 57.2 Å². The fraction of sp³-hybridized carbons (Fsp3) is 0.567. The zero-order valence-electron chi connectivity index (χ0n) is 24.3. The number of alkyl halides is 4. The third-order valence-corrected chi connectivity index (χ3v) is 10.1. The predicted molar refractivity (Wildman–Crippen MR) is 156 cm³/mol. The molecule has 44 heavy (non-hydrogen) atoms. The highest BCUT2D eigenvalue weighted by atomic mass is 35.5. The first kappa shape index (κ1) is 29.5. The number of nitrogens with two attached hydrogens (primary N) is 1. The van der Waals surface area contributed by atoms with Crippen LogP contribution in [0.2, 0.25) is 5.02 Å². The zero-order valence-corrected chi connectivity index (χ0v) is 25.0. The van der Waals surface area contributed by atoms with Gasteiger partial charge in [0.1, 0.15) is 36.0 Å². The molecule has 3 aromatic rings. The number of aromatic nitrogens is 3. The van der Waals surface area contributed by atoms with Crippen molar-refractivity contribution in [1.82, 2.24) is 19.9 Å². The summed E-state index contributed by atoms with van der Waals surface area (Å²) >= 11 is 6.81. The van der Waals surface area contributed by atoms with Crippen LogP contribution in [0.3, 0.4) is 0 Å². The summed E-state index contributed by atoms with van der Waals surface area (Å²) in [6.07, 6.45) is -1.07. The monoisotopic (exact) mass is 638 g/mol. The van der Waals surface area contributed by atoms with Crippen LogP contribution in [0, 0.1) is 12.7 Å². The van der Waals surface area contributed by atoms with Gasteiger partial charge in [0.05, 0.1) is 38.8 Å². The van der Waals surface area contributed by atoms with E-state index in [2.05, 4.69) is 19.9 Å². The largest absolute Gasteiger partial charge is 0.486 e. The third kappa shape index (κ3) is 4.60. The number of pyridine rings is 1. The average molecular weight is 639 g/mol. The number of anilines is 2. The predicted octanol–water partition coefficient (Wildman–Crippen LogP) is 6.49. The number of aryl methyl sites for hydroxylation is 1. The third-order valence-electron chi connectivity index (χ3n) is 9.70. The van der Waals surface area contributed by atoms with Gasteiger partial charge in [0.25, 0.3) is 0 Å². The van der Waals surface area contributed by atoms with Crippen LogP contribution in [0.15, 0.2) is 6.07 Å². The van der Waals surface area contributed by atoms with Crippen molar-refractivity contribution in [3.05, 3.63) is 28.0 Å². The summed E-state index contributed by atoms with van der Waals surface area (Å²) in [6.45, 7) is 2.40. The Labute approximate surface area is 255 Å². The Kier molecular flexibility index (Phi) is 7.00. The van der Waals surface area contributed by atoms with E-state index in [-0.39, 0.29) is 57.8 Å². The van der Waals surface area contributed by atoms with Crippen molar-refractivity contribution >= 4 is 34.1 Å². The molecule has 1 aromatic carbocycles. The van der Waals surface area contributed by atoms with Gasteiger partial charge >= 0.3 is 12.2 Å². The Bertz CT molecular complexity index is 1660. The number of nitrogens with zero attached hydrogens (tertiary/aromatic N) is 5. The van der Waals surface area contributed by atoms with Crippen molar-refractivity contribution in [3.63, 3.8) is 0 Å². The summed E-state index contributed by atoms with van der Waals surface area (Å²) in [5.74, 6) is -1.06. The molecule has 3 fully saturated rings. The van der Waals surface area contributed by atoms with Gasteiger partial charge in [-0.3, -0.25) is 4.90 Å². The summed E-state index contributed by atoms with van der Waals surface area (Å²) in [7, 11) is 1.82. The zero-order chi connectivity index (χ0) is 31.1. The Balaban J connectivity index is 1.45. The average Bonchev–Trinajstić information content (AvgIpc) is 3.44. The van der Waals surface area contributed by atoms with Crippen LogP contribution in [0.4, 0.5) is 33.6 Å². The molecular formula is C30H32ClF5N6O2. The molecule has 8 nitrogen and oxygen atoms in total. The normalized spacial score (nSPS) is 26.8. The van der Waals surface area contributed by atoms with Crippen molar-refractivity contribution in [2.45, 2.75) is 81.9 Å². The number of nitrogen functional groups attached to an aromatic ring is 1. The molecule has 236 valence electrons. The lowest BCUT2D eigenvalue weighted by molar-refractivity contribution is -0.137. The van der Waals surface area contributed by atoms with E-state index in [1.54, 1.807) is 0 Å². The Hall–Kier alpha value is -3.19. The number of benzene rings is 1. The van der Waals surface area contributed by atoms with Gasteiger partial charge in [-0.25, -0.2) is 13.8 Å². The molecule has 4 aliphatic rings. The summed E-state index contributed by atoms with van der Waals surface area (Å²) in [6, 6.07) is 0.757. The van der Waals surface area contributed by atoms with Crippen molar-refractivity contribution in [1.29, 1.82) is 0 Å². The Morgan fingerprint density at radius 1 is 1.18 bits per heavy atom. The summed E-state index contributed by atoms with van der Waals surface area (Å²) in [5.41, 5.74) is 2.30. The van der Waals surface area contributed by atoms with E-state index < -0.39 is 40.5 Å². The lowest BCUT2D eigenvalue weighted by Crippen LogP contribution is -2.45. The van der Waals surface area contributed by atoms with Gasteiger partial charge in [-0.1, -0.05) is 18.0 Å². The maximum Gasteiger partial charge on any atom is 0.418 e. The summed E-state index contributed by atoms with van der Waals surface area (Å²) < 4.78 is 86.9. The number of hydrogen-bond acceptors (Lipinski definition) is 8.